The molecule has 0 atom stereocenters. The van der Waals surface area contributed by atoms with Crippen LogP contribution in [0, 0.1) is 11.7 Å². The Morgan fingerprint density at radius 3 is 2.19 bits per heavy atom. The van der Waals surface area contributed by atoms with Gasteiger partial charge in [-0.15, -0.1) is 0 Å². The number of carbonyl (C=O) groups is 2. The number of hydrogen-bond donors (Lipinski definition) is 0. The van der Waals surface area contributed by atoms with Gasteiger partial charge in [0.1, 0.15) is 11.6 Å². The molecule has 0 radical (unpaired) electrons. The highest BCUT2D eigenvalue weighted by molar-refractivity contribution is 5.94. The molecule has 0 unspecified atom stereocenters. The monoisotopic (exact) mass is 439 g/mol. The Bertz CT molecular complexity index is 924. The van der Waals surface area contributed by atoms with Crippen LogP contribution in [-0.2, 0) is 4.79 Å². The van der Waals surface area contributed by atoms with E-state index in [0.717, 1.165) is 37.5 Å². The standard InChI is InChI=1S/C25H30FN3O3/c1-32-23-9-7-22(8-10-23)27-13-2-14-28(18-17-27)25(31)20-11-15-29(16-12-20)24(30)19-3-5-21(26)6-4-19/h3-10,20H,2,11-18H2,1H3. The Balaban J connectivity index is 1.29. The van der Waals surface area contributed by atoms with Crippen molar-refractivity contribution >= 4 is 17.5 Å². The van der Waals surface area contributed by atoms with E-state index in [2.05, 4.69) is 17.0 Å². The zero-order valence-electron chi connectivity index (χ0n) is 18.5. The molecule has 2 saturated heterocycles. The first-order valence-electron chi connectivity index (χ1n) is 11.3. The molecule has 2 aromatic carbocycles. The van der Waals surface area contributed by atoms with Crippen LogP contribution in [-0.4, -0.2) is 68.0 Å². The maximum absolute atomic E-state index is 13.2. The molecule has 2 aliphatic heterocycles. The maximum Gasteiger partial charge on any atom is 0.253 e. The summed E-state index contributed by atoms with van der Waals surface area (Å²) in [6.07, 6.45) is 2.27. The molecule has 2 aliphatic rings. The molecular weight excluding hydrogens is 409 g/mol. The molecule has 0 N–H and O–H groups in total. The van der Waals surface area contributed by atoms with Crippen LogP contribution in [0.2, 0.25) is 0 Å². The lowest BCUT2D eigenvalue weighted by Crippen LogP contribution is -2.45. The van der Waals surface area contributed by atoms with E-state index in [4.69, 9.17) is 4.74 Å². The number of likely N-dealkylation sites (tertiary alicyclic amines) is 1. The smallest absolute Gasteiger partial charge is 0.253 e. The summed E-state index contributed by atoms with van der Waals surface area (Å²) in [6.45, 7) is 4.30. The Morgan fingerprint density at radius 1 is 0.844 bits per heavy atom. The van der Waals surface area contributed by atoms with Crippen molar-refractivity contribution in [1.82, 2.24) is 9.80 Å². The second kappa shape index (κ2) is 10.0. The van der Waals surface area contributed by atoms with E-state index in [-0.39, 0.29) is 23.5 Å². The van der Waals surface area contributed by atoms with Crippen LogP contribution in [0.15, 0.2) is 48.5 Å². The molecule has 6 nitrogen and oxygen atoms in total. The van der Waals surface area contributed by atoms with E-state index < -0.39 is 0 Å². The van der Waals surface area contributed by atoms with Gasteiger partial charge in [0.15, 0.2) is 0 Å². The number of piperidine rings is 1. The van der Waals surface area contributed by atoms with Gasteiger partial charge in [0.25, 0.3) is 5.91 Å². The third kappa shape index (κ3) is 5.03. The quantitative estimate of drug-likeness (QED) is 0.733. The first-order valence-corrected chi connectivity index (χ1v) is 11.3. The SMILES string of the molecule is COc1ccc(N2CCCN(C(=O)C3CCN(C(=O)c4ccc(F)cc4)CC3)CC2)cc1. The van der Waals surface area contributed by atoms with Crippen molar-refractivity contribution in [3.05, 3.63) is 59.9 Å². The number of ether oxygens (including phenoxy) is 1. The first-order chi connectivity index (χ1) is 15.5. The number of methoxy groups -OCH3 is 1. The van der Waals surface area contributed by atoms with Gasteiger partial charge in [-0.25, -0.2) is 4.39 Å². The van der Waals surface area contributed by atoms with E-state index in [1.165, 1.54) is 24.3 Å². The summed E-state index contributed by atoms with van der Waals surface area (Å²) < 4.78 is 18.4. The number of anilines is 1. The molecule has 2 heterocycles. The van der Waals surface area contributed by atoms with E-state index in [9.17, 15) is 14.0 Å². The predicted molar refractivity (Wildman–Crippen MR) is 121 cm³/mol. The summed E-state index contributed by atoms with van der Waals surface area (Å²) >= 11 is 0. The zero-order chi connectivity index (χ0) is 22.5. The van der Waals surface area contributed by atoms with E-state index in [1.807, 2.05) is 17.0 Å². The Hall–Kier alpha value is -3.09. The molecule has 0 aliphatic carbocycles. The lowest BCUT2D eigenvalue weighted by Gasteiger charge is -2.34. The highest BCUT2D eigenvalue weighted by Gasteiger charge is 2.31. The van der Waals surface area contributed by atoms with E-state index in [1.54, 1.807) is 12.0 Å². The number of hydrogen-bond acceptors (Lipinski definition) is 4. The summed E-state index contributed by atoms with van der Waals surface area (Å²) in [5.41, 5.74) is 1.63. The second-order valence-corrected chi connectivity index (χ2v) is 8.44. The van der Waals surface area contributed by atoms with Crippen LogP contribution in [0.5, 0.6) is 5.75 Å². The van der Waals surface area contributed by atoms with Gasteiger partial charge in [-0.3, -0.25) is 9.59 Å². The zero-order valence-corrected chi connectivity index (χ0v) is 18.5. The summed E-state index contributed by atoms with van der Waals surface area (Å²) in [6, 6.07) is 13.7. The van der Waals surface area contributed by atoms with Crippen molar-refractivity contribution in [3.63, 3.8) is 0 Å². The van der Waals surface area contributed by atoms with Crippen molar-refractivity contribution < 1.29 is 18.7 Å². The van der Waals surface area contributed by atoms with Gasteiger partial charge in [-0.2, -0.15) is 0 Å². The normalized spacial score (nSPS) is 17.8. The predicted octanol–water partition coefficient (Wildman–Crippen LogP) is 3.43. The van der Waals surface area contributed by atoms with Gasteiger partial charge in [0.05, 0.1) is 7.11 Å². The van der Waals surface area contributed by atoms with E-state index in [0.29, 0.717) is 38.0 Å². The third-order valence-corrected chi connectivity index (χ3v) is 6.47. The molecule has 2 amide bonds. The van der Waals surface area contributed by atoms with E-state index >= 15 is 0 Å². The minimum absolute atomic E-state index is 0.0418. The molecule has 0 saturated carbocycles. The number of rotatable bonds is 4. The number of nitrogens with zero attached hydrogens (tertiary/aromatic N) is 3. The van der Waals surface area contributed by atoms with Crippen LogP contribution >= 0.6 is 0 Å². The second-order valence-electron chi connectivity index (χ2n) is 8.44. The van der Waals surface area contributed by atoms with Crippen LogP contribution in [0.25, 0.3) is 0 Å². The van der Waals surface area contributed by atoms with Crippen molar-refractivity contribution in [2.75, 3.05) is 51.3 Å². The fourth-order valence-electron chi connectivity index (χ4n) is 4.55. The van der Waals surface area contributed by atoms with Gasteiger partial charge in [0.2, 0.25) is 5.91 Å². The number of benzene rings is 2. The lowest BCUT2D eigenvalue weighted by atomic mass is 9.94. The molecule has 2 aromatic rings. The largest absolute Gasteiger partial charge is 0.497 e. The first kappa shape index (κ1) is 22.1. The molecule has 2 fully saturated rings. The number of carbonyl (C=O) groups excluding carboxylic acids is 2. The van der Waals surface area contributed by atoms with Gasteiger partial charge < -0.3 is 19.4 Å². The maximum atomic E-state index is 13.2. The van der Waals surface area contributed by atoms with Crippen LogP contribution in [0.3, 0.4) is 0 Å². The van der Waals surface area contributed by atoms with Crippen molar-refractivity contribution in [1.29, 1.82) is 0 Å². The topological polar surface area (TPSA) is 53.1 Å². The molecule has 170 valence electrons. The van der Waals surface area contributed by atoms with Gasteiger partial charge in [-0.1, -0.05) is 0 Å². The minimum Gasteiger partial charge on any atom is -0.497 e. The van der Waals surface area contributed by atoms with Gasteiger partial charge in [-0.05, 0) is 67.8 Å². The average molecular weight is 440 g/mol. The molecule has 32 heavy (non-hydrogen) atoms. The van der Waals surface area contributed by atoms with Crippen molar-refractivity contribution in [3.8, 4) is 5.75 Å². The molecule has 0 spiro atoms. The fourth-order valence-corrected chi connectivity index (χ4v) is 4.55. The highest BCUT2D eigenvalue weighted by atomic mass is 19.1. The van der Waals surface area contributed by atoms with Crippen LogP contribution in [0.4, 0.5) is 10.1 Å². The van der Waals surface area contributed by atoms with Crippen LogP contribution in [0.1, 0.15) is 29.6 Å². The van der Waals surface area contributed by atoms with Gasteiger partial charge in [0, 0.05) is 56.4 Å². The summed E-state index contributed by atoms with van der Waals surface area (Å²) in [5.74, 6) is 0.551. The number of amides is 2. The molecule has 0 bridgehead atoms. The highest BCUT2D eigenvalue weighted by Crippen LogP contribution is 2.24. The number of halogens is 1. The Morgan fingerprint density at radius 2 is 1.53 bits per heavy atom. The Kier molecular flexibility index (Phi) is 6.93. The third-order valence-electron chi connectivity index (χ3n) is 6.47. The molecular formula is C25H30FN3O3. The summed E-state index contributed by atoms with van der Waals surface area (Å²) in [7, 11) is 1.66. The summed E-state index contributed by atoms with van der Waals surface area (Å²) in [5, 5.41) is 0. The molecule has 7 heteroatoms. The summed E-state index contributed by atoms with van der Waals surface area (Å²) in [4.78, 5) is 31.9. The molecule has 0 aromatic heterocycles. The fraction of sp³-hybridized carbons (Fsp3) is 0.440. The average Bonchev–Trinajstić information content (AvgIpc) is 3.10. The lowest BCUT2D eigenvalue weighted by molar-refractivity contribution is -0.136. The van der Waals surface area contributed by atoms with Crippen molar-refractivity contribution in [2.24, 2.45) is 5.92 Å². The minimum atomic E-state index is -0.353. The Labute approximate surface area is 188 Å². The van der Waals surface area contributed by atoms with Gasteiger partial charge >= 0.3 is 0 Å². The van der Waals surface area contributed by atoms with Crippen LogP contribution < -0.4 is 9.64 Å². The molecule has 4 rings (SSSR count). The van der Waals surface area contributed by atoms with Crippen molar-refractivity contribution in [2.45, 2.75) is 19.3 Å².